The van der Waals surface area contributed by atoms with E-state index in [0.29, 0.717) is 17.2 Å². The summed E-state index contributed by atoms with van der Waals surface area (Å²) in [5.74, 6) is 0.374. The summed E-state index contributed by atoms with van der Waals surface area (Å²) in [5, 5.41) is 4.59. The monoisotopic (exact) mass is 427 g/mol. The summed E-state index contributed by atoms with van der Waals surface area (Å²) in [5.41, 5.74) is 6.01. The quantitative estimate of drug-likeness (QED) is 0.621. The molecule has 0 fully saturated rings. The fourth-order valence-electron chi connectivity index (χ4n) is 2.93. The standard InChI is InChI=1S/C23H26ClN3OS/c1-5-16(4)25-22(28)13-29-23-12-19(17-6-8-18(24)9-7-17)26-20-10-14(2)15(3)11-21(20)27-23/h6-11,16H,5,12-13H2,1-4H3,(H,25,28). The molecule has 0 spiro atoms. The maximum absolute atomic E-state index is 12.2. The summed E-state index contributed by atoms with van der Waals surface area (Å²) in [6.45, 7) is 8.23. The first-order valence-electron chi connectivity index (χ1n) is 9.80. The van der Waals surface area contributed by atoms with E-state index in [-0.39, 0.29) is 11.9 Å². The summed E-state index contributed by atoms with van der Waals surface area (Å²) >= 11 is 7.53. The SMILES string of the molecule is CCC(C)NC(=O)CSC1=Nc2cc(C)c(C)cc2N=C(c2ccc(Cl)cc2)C1. The lowest BCUT2D eigenvalue weighted by molar-refractivity contribution is -0.119. The van der Waals surface area contributed by atoms with Gasteiger partial charge in [-0.2, -0.15) is 0 Å². The molecule has 0 radical (unpaired) electrons. The number of aryl methyl sites for hydroxylation is 2. The normalized spacial score (nSPS) is 14.4. The summed E-state index contributed by atoms with van der Waals surface area (Å²) in [4.78, 5) is 22.0. The lowest BCUT2D eigenvalue weighted by Gasteiger charge is -2.12. The number of hydrogen-bond acceptors (Lipinski definition) is 4. The van der Waals surface area contributed by atoms with Crippen LogP contribution < -0.4 is 5.32 Å². The third-order valence-corrected chi connectivity index (χ3v) is 6.20. The number of thioether (sulfide) groups is 1. The average molecular weight is 428 g/mol. The summed E-state index contributed by atoms with van der Waals surface area (Å²) in [6, 6.07) is 12.0. The number of carbonyl (C=O) groups is 1. The fraction of sp³-hybridized carbons (Fsp3) is 0.348. The molecule has 1 amide bonds. The Morgan fingerprint density at radius 3 is 2.38 bits per heavy atom. The second-order valence-electron chi connectivity index (χ2n) is 7.34. The molecule has 1 N–H and O–H groups in total. The molecule has 1 aliphatic rings. The Morgan fingerprint density at radius 1 is 1.14 bits per heavy atom. The molecule has 152 valence electrons. The minimum Gasteiger partial charge on any atom is -0.353 e. The van der Waals surface area contributed by atoms with Gasteiger partial charge in [0, 0.05) is 17.5 Å². The van der Waals surface area contributed by atoms with Crippen LogP contribution in [0.1, 0.15) is 43.4 Å². The second kappa shape index (κ2) is 9.59. The molecule has 1 aliphatic heterocycles. The first-order valence-corrected chi connectivity index (χ1v) is 11.2. The molecule has 0 aliphatic carbocycles. The van der Waals surface area contributed by atoms with E-state index in [4.69, 9.17) is 21.6 Å². The van der Waals surface area contributed by atoms with E-state index in [1.54, 1.807) is 0 Å². The molecule has 2 aromatic carbocycles. The molecule has 4 nitrogen and oxygen atoms in total. The van der Waals surface area contributed by atoms with Gasteiger partial charge >= 0.3 is 0 Å². The molecule has 1 heterocycles. The molecular formula is C23H26ClN3OS. The Balaban J connectivity index is 1.91. The van der Waals surface area contributed by atoms with Crippen LogP contribution in [0.15, 0.2) is 46.4 Å². The van der Waals surface area contributed by atoms with Gasteiger partial charge in [0.05, 0.1) is 27.9 Å². The maximum Gasteiger partial charge on any atom is 0.230 e. The number of halogens is 1. The smallest absolute Gasteiger partial charge is 0.230 e. The molecule has 1 unspecified atom stereocenters. The van der Waals surface area contributed by atoms with E-state index < -0.39 is 0 Å². The first-order chi connectivity index (χ1) is 13.9. The predicted octanol–water partition coefficient (Wildman–Crippen LogP) is 6.16. The largest absolute Gasteiger partial charge is 0.353 e. The van der Waals surface area contributed by atoms with Crippen molar-refractivity contribution in [2.45, 2.75) is 46.6 Å². The Bertz CT molecular complexity index is 967. The molecule has 0 saturated carbocycles. The van der Waals surface area contributed by atoms with Crippen LogP contribution in [0.5, 0.6) is 0 Å². The predicted molar refractivity (Wildman–Crippen MR) is 126 cm³/mol. The Hall–Kier alpha value is -2.11. The topological polar surface area (TPSA) is 53.8 Å². The Kier molecular flexibility index (Phi) is 7.14. The molecule has 0 bridgehead atoms. The van der Waals surface area contributed by atoms with E-state index in [1.165, 1.54) is 22.9 Å². The van der Waals surface area contributed by atoms with E-state index in [1.807, 2.05) is 31.2 Å². The minimum absolute atomic E-state index is 0.0292. The minimum atomic E-state index is 0.0292. The van der Waals surface area contributed by atoms with Crippen LogP contribution in [0, 0.1) is 13.8 Å². The van der Waals surface area contributed by atoms with Crippen LogP contribution in [0.25, 0.3) is 0 Å². The number of benzene rings is 2. The maximum atomic E-state index is 12.2. The third kappa shape index (κ3) is 5.71. The van der Waals surface area contributed by atoms with Gasteiger partial charge in [0.25, 0.3) is 0 Å². The van der Waals surface area contributed by atoms with Gasteiger partial charge in [-0.05, 0) is 68.1 Å². The van der Waals surface area contributed by atoms with Crippen LogP contribution in [0.3, 0.4) is 0 Å². The lowest BCUT2D eigenvalue weighted by Crippen LogP contribution is -2.33. The molecule has 6 heteroatoms. The summed E-state index contributed by atoms with van der Waals surface area (Å²) in [6.07, 6.45) is 1.49. The number of nitrogens with zero attached hydrogens (tertiary/aromatic N) is 2. The van der Waals surface area contributed by atoms with Crippen molar-refractivity contribution < 1.29 is 4.79 Å². The number of amides is 1. The molecule has 0 saturated heterocycles. The van der Waals surface area contributed by atoms with E-state index >= 15 is 0 Å². The van der Waals surface area contributed by atoms with E-state index in [0.717, 1.165) is 34.1 Å². The van der Waals surface area contributed by atoms with Gasteiger partial charge in [0.1, 0.15) is 0 Å². The van der Waals surface area contributed by atoms with Crippen molar-refractivity contribution in [2.24, 2.45) is 9.98 Å². The highest BCUT2D eigenvalue weighted by molar-refractivity contribution is 8.14. The van der Waals surface area contributed by atoms with Gasteiger partial charge < -0.3 is 5.32 Å². The molecule has 29 heavy (non-hydrogen) atoms. The van der Waals surface area contributed by atoms with Crippen LogP contribution in [0.2, 0.25) is 5.02 Å². The molecule has 1 atom stereocenters. The van der Waals surface area contributed by atoms with Crippen molar-refractivity contribution in [3.05, 3.63) is 58.1 Å². The average Bonchev–Trinajstić information content (AvgIpc) is 2.86. The molecule has 2 aromatic rings. The van der Waals surface area contributed by atoms with Crippen LogP contribution in [-0.4, -0.2) is 28.5 Å². The highest BCUT2D eigenvalue weighted by Crippen LogP contribution is 2.36. The number of aliphatic imine (C=N–C) groups is 2. The number of nitrogens with one attached hydrogen (secondary N) is 1. The van der Waals surface area contributed by atoms with Gasteiger partial charge in [-0.1, -0.05) is 30.7 Å². The number of rotatable bonds is 5. The lowest BCUT2D eigenvalue weighted by atomic mass is 10.1. The van der Waals surface area contributed by atoms with Crippen molar-refractivity contribution in [3.8, 4) is 0 Å². The van der Waals surface area contributed by atoms with Crippen LogP contribution in [-0.2, 0) is 4.79 Å². The zero-order valence-electron chi connectivity index (χ0n) is 17.3. The highest BCUT2D eigenvalue weighted by Gasteiger charge is 2.18. The molecule has 3 rings (SSSR count). The fourth-order valence-corrected chi connectivity index (χ4v) is 3.84. The highest BCUT2D eigenvalue weighted by atomic mass is 35.5. The van der Waals surface area contributed by atoms with Crippen molar-refractivity contribution in [1.82, 2.24) is 5.32 Å². The van der Waals surface area contributed by atoms with Crippen molar-refractivity contribution in [2.75, 3.05) is 5.75 Å². The zero-order valence-corrected chi connectivity index (χ0v) is 18.8. The van der Waals surface area contributed by atoms with Crippen molar-refractivity contribution in [1.29, 1.82) is 0 Å². The van der Waals surface area contributed by atoms with E-state index in [2.05, 4.69) is 38.2 Å². The summed E-state index contributed by atoms with van der Waals surface area (Å²) < 4.78 is 0. The number of carbonyl (C=O) groups excluding carboxylic acids is 1. The van der Waals surface area contributed by atoms with Gasteiger partial charge in [0.2, 0.25) is 5.91 Å². The van der Waals surface area contributed by atoms with Crippen molar-refractivity contribution >= 4 is 51.4 Å². The number of hydrogen-bond donors (Lipinski definition) is 1. The zero-order chi connectivity index (χ0) is 21.0. The van der Waals surface area contributed by atoms with Gasteiger partial charge in [-0.15, -0.1) is 11.8 Å². The van der Waals surface area contributed by atoms with Crippen LogP contribution >= 0.6 is 23.4 Å². The summed E-state index contributed by atoms with van der Waals surface area (Å²) in [7, 11) is 0. The molecular weight excluding hydrogens is 402 g/mol. The Labute approximate surface area is 181 Å². The number of fused-ring (bicyclic) bond motifs is 1. The first kappa shape index (κ1) is 21.6. The molecule has 0 aromatic heterocycles. The third-order valence-electron chi connectivity index (χ3n) is 4.98. The van der Waals surface area contributed by atoms with Gasteiger partial charge in [-0.3, -0.25) is 9.79 Å². The van der Waals surface area contributed by atoms with Crippen LogP contribution in [0.4, 0.5) is 11.4 Å². The Morgan fingerprint density at radius 2 is 1.76 bits per heavy atom. The van der Waals surface area contributed by atoms with Crippen molar-refractivity contribution in [3.63, 3.8) is 0 Å². The second-order valence-corrected chi connectivity index (χ2v) is 8.82. The van der Waals surface area contributed by atoms with E-state index in [9.17, 15) is 4.79 Å². The van der Waals surface area contributed by atoms with Gasteiger partial charge in [-0.25, -0.2) is 4.99 Å². The van der Waals surface area contributed by atoms with Gasteiger partial charge in [0.15, 0.2) is 0 Å².